The number of esters is 1. The molecule has 10 nitrogen and oxygen atoms in total. The molecule has 0 bridgehead atoms. The number of nitrogens with zero attached hydrogens (tertiary/aromatic N) is 2. The standard InChI is InChI=1S/C25H26ClN5O5/c1-3-35-24(33)18-7-10-21(20(13-18)30-25(34)31-22-15-28-16(2)14-29-22)36-12-4-11-27-23(32)17-5-8-19(26)9-6-17/h5-10,13-15H,3-4,11-12H2,1-2H3,(H,27,32)(H2,29,30,31,34). The van der Waals surface area contributed by atoms with Crippen molar-refractivity contribution in [2.24, 2.45) is 0 Å². The van der Waals surface area contributed by atoms with Crippen molar-refractivity contribution in [1.82, 2.24) is 15.3 Å². The van der Waals surface area contributed by atoms with Gasteiger partial charge in [-0.2, -0.15) is 0 Å². The van der Waals surface area contributed by atoms with Crippen LogP contribution in [0.4, 0.5) is 16.3 Å². The molecular formula is C25H26ClN5O5. The maximum Gasteiger partial charge on any atom is 0.338 e. The van der Waals surface area contributed by atoms with Crippen LogP contribution in [0, 0.1) is 6.92 Å². The smallest absolute Gasteiger partial charge is 0.338 e. The lowest BCUT2D eigenvalue weighted by Crippen LogP contribution is -2.25. The highest BCUT2D eigenvalue weighted by Gasteiger charge is 2.14. The molecular weight excluding hydrogens is 486 g/mol. The normalized spacial score (nSPS) is 10.3. The molecule has 3 rings (SSSR count). The number of ether oxygens (including phenoxy) is 2. The third-order valence-corrected chi connectivity index (χ3v) is 4.98. The Morgan fingerprint density at radius 3 is 2.42 bits per heavy atom. The number of amides is 3. The van der Waals surface area contributed by atoms with Crippen molar-refractivity contribution in [3.8, 4) is 5.75 Å². The summed E-state index contributed by atoms with van der Waals surface area (Å²) in [5.41, 5.74) is 1.74. The van der Waals surface area contributed by atoms with Gasteiger partial charge in [-0.25, -0.2) is 14.6 Å². The maximum atomic E-state index is 12.5. The van der Waals surface area contributed by atoms with E-state index in [1.807, 2.05) is 0 Å². The first-order valence-corrected chi connectivity index (χ1v) is 11.6. The fraction of sp³-hybridized carbons (Fsp3) is 0.240. The van der Waals surface area contributed by atoms with Gasteiger partial charge in [0.15, 0.2) is 5.82 Å². The molecule has 0 aliphatic carbocycles. The average Bonchev–Trinajstić information content (AvgIpc) is 2.86. The summed E-state index contributed by atoms with van der Waals surface area (Å²) in [5, 5.41) is 8.60. The molecule has 3 amide bonds. The van der Waals surface area contributed by atoms with Crippen LogP contribution in [-0.4, -0.2) is 47.6 Å². The van der Waals surface area contributed by atoms with Gasteiger partial charge in [-0.05, 0) is 62.7 Å². The Kier molecular flexibility index (Phi) is 9.58. The summed E-state index contributed by atoms with van der Waals surface area (Å²) in [5.74, 6) is -0.138. The van der Waals surface area contributed by atoms with Gasteiger partial charge >= 0.3 is 12.0 Å². The molecule has 0 atom stereocenters. The van der Waals surface area contributed by atoms with E-state index in [2.05, 4.69) is 25.9 Å². The Morgan fingerprint density at radius 2 is 1.72 bits per heavy atom. The van der Waals surface area contributed by atoms with E-state index in [0.717, 1.165) is 0 Å². The Morgan fingerprint density at radius 1 is 0.972 bits per heavy atom. The van der Waals surface area contributed by atoms with Crippen molar-refractivity contribution < 1.29 is 23.9 Å². The van der Waals surface area contributed by atoms with Crippen molar-refractivity contribution in [3.05, 3.63) is 76.7 Å². The number of carbonyl (C=O) groups excluding carboxylic acids is 3. The number of rotatable bonds is 10. The fourth-order valence-corrected chi connectivity index (χ4v) is 3.11. The number of aryl methyl sites for hydroxylation is 1. The molecule has 0 spiro atoms. The SMILES string of the molecule is CCOC(=O)c1ccc(OCCCNC(=O)c2ccc(Cl)cc2)c(NC(=O)Nc2cnc(C)cn2)c1. The maximum absolute atomic E-state index is 12.5. The monoisotopic (exact) mass is 511 g/mol. The summed E-state index contributed by atoms with van der Waals surface area (Å²) in [7, 11) is 0. The van der Waals surface area contributed by atoms with Gasteiger partial charge in [0.25, 0.3) is 5.91 Å². The van der Waals surface area contributed by atoms with Crippen LogP contribution >= 0.6 is 11.6 Å². The summed E-state index contributed by atoms with van der Waals surface area (Å²) in [4.78, 5) is 45.0. The largest absolute Gasteiger partial charge is 0.491 e. The molecule has 3 aromatic rings. The second kappa shape index (κ2) is 13.1. The van der Waals surface area contributed by atoms with Gasteiger partial charge in [0.1, 0.15) is 5.75 Å². The lowest BCUT2D eigenvalue weighted by atomic mass is 10.2. The first-order valence-electron chi connectivity index (χ1n) is 11.2. The highest BCUT2D eigenvalue weighted by atomic mass is 35.5. The minimum atomic E-state index is -0.589. The number of urea groups is 1. The number of nitrogens with one attached hydrogen (secondary N) is 3. The molecule has 1 aromatic heterocycles. The van der Waals surface area contributed by atoms with Crippen molar-refractivity contribution >= 4 is 41.0 Å². The van der Waals surface area contributed by atoms with E-state index < -0.39 is 12.0 Å². The minimum Gasteiger partial charge on any atom is -0.491 e. The Balaban J connectivity index is 1.60. The van der Waals surface area contributed by atoms with Gasteiger partial charge in [0.05, 0.1) is 42.6 Å². The summed E-state index contributed by atoms with van der Waals surface area (Å²) in [6.45, 7) is 4.33. The molecule has 36 heavy (non-hydrogen) atoms. The van der Waals surface area contributed by atoms with Crippen LogP contribution in [0.5, 0.6) is 5.75 Å². The van der Waals surface area contributed by atoms with Gasteiger partial charge < -0.3 is 20.1 Å². The van der Waals surface area contributed by atoms with E-state index in [1.54, 1.807) is 50.2 Å². The van der Waals surface area contributed by atoms with Crippen LogP contribution in [0.2, 0.25) is 5.02 Å². The molecule has 3 N–H and O–H groups in total. The van der Waals surface area contributed by atoms with Gasteiger partial charge in [-0.15, -0.1) is 0 Å². The van der Waals surface area contributed by atoms with Crippen molar-refractivity contribution in [2.45, 2.75) is 20.3 Å². The molecule has 0 aliphatic rings. The minimum absolute atomic E-state index is 0.216. The molecule has 1 heterocycles. The number of carbonyl (C=O) groups is 3. The fourth-order valence-electron chi connectivity index (χ4n) is 2.98. The van der Waals surface area contributed by atoms with E-state index in [1.165, 1.54) is 18.5 Å². The predicted molar refractivity (Wildman–Crippen MR) is 136 cm³/mol. The van der Waals surface area contributed by atoms with Crippen LogP contribution < -0.4 is 20.7 Å². The first kappa shape index (κ1) is 26.4. The highest BCUT2D eigenvalue weighted by molar-refractivity contribution is 6.30. The summed E-state index contributed by atoms with van der Waals surface area (Å²) >= 11 is 5.84. The molecule has 0 radical (unpaired) electrons. The van der Waals surface area contributed by atoms with Crippen LogP contribution in [0.25, 0.3) is 0 Å². The van der Waals surface area contributed by atoms with E-state index in [9.17, 15) is 14.4 Å². The zero-order valence-electron chi connectivity index (χ0n) is 19.8. The Labute approximate surface area is 213 Å². The Hall–Kier alpha value is -4.18. The molecule has 0 saturated carbocycles. The lowest BCUT2D eigenvalue weighted by molar-refractivity contribution is 0.0526. The van der Waals surface area contributed by atoms with Gasteiger partial charge in [0.2, 0.25) is 0 Å². The predicted octanol–water partition coefficient (Wildman–Crippen LogP) is 4.46. The molecule has 0 aliphatic heterocycles. The third kappa shape index (κ3) is 7.95. The number of halogens is 1. The van der Waals surface area contributed by atoms with E-state index in [0.29, 0.717) is 35.0 Å². The van der Waals surface area contributed by atoms with E-state index >= 15 is 0 Å². The molecule has 11 heteroatoms. The van der Waals surface area contributed by atoms with Crippen LogP contribution in [0.15, 0.2) is 54.9 Å². The molecule has 0 unspecified atom stereocenters. The second-order valence-electron chi connectivity index (χ2n) is 7.52. The van der Waals surface area contributed by atoms with Crippen LogP contribution in [0.1, 0.15) is 39.8 Å². The van der Waals surface area contributed by atoms with Crippen molar-refractivity contribution in [3.63, 3.8) is 0 Å². The second-order valence-corrected chi connectivity index (χ2v) is 7.95. The van der Waals surface area contributed by atoms with E-state index in [-0.39, 0.29) is 36.2 Å². The van der Waals surface area contributed by atoms with Gasteiger partial charge in [-0.1, -0.05) is 11.6 Å². The van der Waals surface area contributed by atoms with Gasteiger partial charge in [0, 0.05) is 17.1 Å². The van der Waals surface area contributed by atoms with Crippen LogP contribution in [0.3, 0.4) is 0 Å². The summed E-state index contributed by atoms with van der Waals surface area (Å²) in [6, 6.07) is 10.6. The zero-order valence-corrected chi connectivity index (χ0v) is 20.6. The van der Waals surface area contributed by atoms with E-state index in [4.69, 9.17) is 21.1 Å². The van der Waals surface area contributed by atoms with Crippen molar-refractivity contribution in [2.75, 3.05) is 30.4 Å². The highest BCUT2D eigenvalue weighted by Crippen LogP contribution is 2.27. The van der Waals surface area contributed by atoms with Crippen LogP contribution in [-0.2, 0) is 4.74 Å². The summed E-state index contributed by atoms with van der Waals surface area (Å²) in [6.07, 6.45) is 3.46. The number of aromatic nitrogens is 2. The topological polar surface area (TPSA) is 132 Å². The van der Waals surface area contributed by atoms with Gasteiger partial charge in [-0.3, -0.25) is 15.1 Å². The molecule has 0 fully saturated rings. The molecule has 0 saturated heterocycles. The Bertz CT molecular complexity index is 1200. The quantitative estimate of drug-likeness (QED) is 0.270. The molecule has 2 aromatic carbocycles. The summed E-state index contributed by atoms with van der Waals surface area (Å²) < 4.78 is 10.8. The zero-order chi connectivity index (χ0) is 25.9. The number of benzene rings is 2. The first-order chi connectivity index (χ1) is 17.4. The number of hydrogen-bond acceptors (Lipinski definition) is 7. The number of anilines is 2. The third-order valence-electron chi connectivity index (χ3n) is 4.73. The lowest BCUT2D eigenvalue weighted by Gasteiger charge is -2.14. The number of hydrogen-bond donors (Lipinski definition) is 3. The average molecular weight is 512 g/mol. The van der Waals surface area contributed by atoms with Crippen molar-refractivity contribution in [1.29, 1.82) is 0 Å². The molecule has 188 valence electrons.